The molecule has 8 nitrogen and oxygen atoms in total. The number of nitrogens with one attached hydrogen (secondary N) is 2. The van der Waals surface area contributed by atoms with Crippen LogP contribution in [-0.2, 0) is 22.7 Å². The average molecular weight is 438 g/mol. The first kappa shape index (κ1) is 23.3. The van der Waals surface area contributed by atoms with Crippen molar-refractivity contribution in [3.05, 3.63) is 65.7 Å². The van der Waals surface area contributed by atoms with Gasteiger partial charge in [-0.05, 0) is 42.6 Å². The van der Waals surface area contributed by atoms with Crippen molar-refractivity contribution >= 4 is 23.5 Å². The molecule has 1 unspecified atom stereocenters. The zero-order valence-corrected chi connectivity index (χ0v) is 18.4. The molecule has 1 fully saturated rings. The Kier molecular flexibility index (Phi) is 8.21. The summed E-state index contributed by atoms with van der Waals surface area (Å²) in [4.78, 5) is 39.8. The van der Waals surface area contributed by atoms with E-state index >= 15 is 0 Å². The number of rotatable bonds is 9. The van der Waals surface area contributed by atoms with Crippen molar-refractivity contribution in [3.63, 3.8) is 0 Å². The minimum atomic E-state index is -0.289. The number of hydrogen-bond acceptors (Lipinski definition) is 4. The lowest BCUT2D eigenvalue weighted by Gasteiger charge is -2.22. The van der Waals surface area contributed by atoms with Crippen molar-refractivity contribution < 1.29 is 14.4 Å². The van der Waals surface area contributed by atoms with Gasteiger partial charge in [0.2, 0.25) is 11.8 Å². The van der Waals surface area contributed by atoms with Crippen molar-refractivity contribution in [1.82, 2.24) is 15.1 Å². The molecule has 0 spiro atoms. The topological polar surface area (TPSA) is 108 Å². The van der Waals surface area contributed by atoms with Gasteiger partial charge in [-0.25, -0.2) is 4.79 Å². The van der Waals surface area contributed by atoms with Gasteiger partial charge in [-0.3, -0.25) is 14.5 Å². The van der Waals surface area contributed by atoms with Gasteiger partial charge >= 0.3 is 6.03 Å². The molecule has 170 valence electrons. The van der Waals surface area contributed by atoms with Crippen molar-refractivity contribution in [2.45, 2.75) is 38.4 Å². The van der Waals surface area contributed by atoms with Crippen LogP contribution in [0.1, 0.15) is 30.4 Å². The Hall–Kier alpha value is -3.39. The third-order valence-corrected chi connectivity index (χ3v) is 5.53. The highest BCUT2D eigenvalue weighted by Crippen LogP contribution is 2.21. The van der Waals surface area contributed by atoms with E-state index in [-0.39, 0.29) is 36.9 Å². The highest BCUT2D eigenvalue weighted by atomic mass is 16.2. The number of primary amides is 1. The fourth-order valence-electron chi connectivity index (χ4n) is 3.89. The molecule has 1 saturated heterocycles. The molecule has 0 aromatic heterocycles. The summed E-state index contributed by atoms with van der Waals surface area (Å²) in [6.45, 7) is 2.20. The molecule has 0 radical (unpaired) electrons. The van der Waals surface area contributed by atoms with Crippen LogP contribution in [0.4, 0.5) is 10.5 Å². The molecule has 32 heavy (non-hydrogen) atoms. The molecule has 1 aliphatic heterocycles. The van der Waals surface area contributed by atoms with Crippen LogP contribution in [0.3, 0.4) is 0 Å². The zero-order chi connectivity index (χ0) is 22.9. The number of nitrogens with two attached hydrogens (primary N) is 1. The molecule has 4 N–H and O–H groups in total. The third kappa shape index (κ3) is 6.81. The number of amides is 4. The maximum atomic E-state index is 12.3. The van der Waals surface area contributed by atoms with Crippen molar-refractivity contribution in [2.75, 3.05) is 25.5 Å². The van der Waals surface area contributed by atoms with Gasteiger partial charge in [-0.2, -0.15) is 0 Å². The smallest absolute Gasteiger partial charge is 0.317 e. The Bertz CT molecular complexity index is 934. The summed E-state index contributed by atoms with van der Waals surface area (Å²) < 4.78 is 0. The number of benzene rings is 2. The Morgan fingerprint density at radius 2 is 1.84 bits per heavy atom. The monoisotopic (exact) mass is 437 g/mol. The van der Waals surface area contributed by atoms with Crippen LogP contribution in [0.25, 0.3) is 0 Å². The molecule has 1 atom stereocenters. The lowest BCUT2D eigenvalue weighted by Crippen LogP contribution is -2.39. The minimum absolute atomic E-state index is 0.172. The van der Waals surface area contributed by atoms with Crippen molar-refractivity contribution in [1.29, 1.82) is 0 Å². The predicted octanol–water partition coefficient (Wildman–Crippen LogP) is 2.31. The Balaban J connectivity index is 1.42. The summed E-state index contributed by atoms with van der Waals surface area (Å²) >= 11 is 0. The van der Waals surface area contributed by atoms with E-state index in [0.717, 1.165) is 30.5 Å². The Morgan fingerprint density at radius 3 is 2.59 bits per heavy atom. The van der Waals surface area contributed by atoms with Crippen LogP contribution < -0.4 is 16.4 Å². The highest BCUT2D eigenvalue weighted by Gasteiger charge is 2.28. The van der Waals surface area contributed by atoms with Crippen molar-refractivity contribution in [3.8, 4) is 0 Å². The first-order chi connectivity index (χ1) is 15.4. The summed E-state index contributed by atoms with van der Waals surface area (Å²) in [5.74, 6) is -0.465. The van der Waals surface area contributed by atoms with Gasteiger partial charge < -0.3 is 21.3 Å². The molecule has 1 heterocycles. The van der Waals surface area contributed by atoms with Crippen LogP contribution in [0.5, 0.6) is 0 Å². The maximum Gasteiger partial charge on any atom is 0.317 e. The van der Waals surface area contributed by atoms with Gasteiger partial charge in [-0.15, -0.1) is 0 Å². The first-order valence-electron chi connectivity index (χ1n) is 10.9. The molecular weight excluding hydrogens is 406 g/mol. The lowest BCUT2D eigenvalue weighted by atomic mass is 10.1. The number of urea groups is 1. The van der Waals surface area contributed by atoms with Crippen LogP contribution in [0.2, 0.25) is 0 Å². The molecule has 0 bridgehead atoms. The zero-order valence-electron chi connectivity index (χ0n) is 18.4. The summed E-state index contributed by atoms with van der Waals surface area (Å²) in [6.07, 6.45) is 1.92. The number of anilines is 1. The molecule has 3 rings (SSSR count). The number of carbonyl (C=O) groups is 3. The molecule has 0 aliphatic carbocycles. The first-order valence-corrected chi connectivity index (χ1v) is 10.9. The van der Waals surface area contributed by atoms with E-state index in [0.29, 0.717) is 18.8 Å². The van der Waals surface area contributed by atoms with Gasteiger partial charge in [0, 0.05) is 38.8 Å². The second-order valence-electron chi connectivity index (χ2n) is 8.10. The summed E-state index contributed by atoms with van der Waals surface area (Å²) in [5.41, 5.74) is 8.23. The molecular formula is C24H31N5O3. The second-order valence-corrected chi connectivity index (χ2v) is 8.10. The minimum Gasteiger partial charge on any atom is -0.368 e. The largest absolute Gasteiger partial charge is 0.368 e. The van der Waals surface area contributed by atoms with E-state index in [4.69, 9.17) is 5.73 Å². The van der Waals surface area contributed by atoms with E-state index in [1.807, 2.05) is 54.6 Å². The van der Waals surface area contributed by atoms with Gasteiger partial charge in [0.05, 0.1) is 6.04 Å². The van der Waals surface area contributed by atoms with Crippen molar-refractivity contribution in [2.24, 2.45) is 5.73 Å². The van der Waals surface area contributed by atoms with Gasteiger partial charge in [0.15, 0.2) is 0 Å². The maximum absolute atomic E-state index is 12.3. The van der Waals surface area contributed by atoms with E-state index in [1.165, 1.54) is 0 Å². The van der Waals surface area contributed by atoms with Crippen LogP contribution in [0.15, 0.2) is 54.6 Å². The second kappa shape index (κ2) is 11.3. The summed E-state index contributed by atoms with van der Waals surface area (Å²) in [5, 5.41) is 5.64. The SMILES string of the molecule is CN(Cc1ccccc1)C(=O)NCCC(=O)Nc1cccc(CN2CCCC2C(N)=O)c1. The Morgan fingerprint density at radius 1 is 1.09 bits per heavy atom. The molecule has 2 aromatic rings. The third-order valence-electron chi connectivity index (χ3n) is 5.53. The van der Waals surface area contributed by atoms with E-state index in [9.17, 15) is 14.4 Å². The Labute approximate surface area is 188 Å². The number of carbonyl (C=O) groups excluding carboxylic acids is 3. The van der Waals surface area contributed by atoms with E-state index < -0.39 is 0 Å². The highest BCUT2D eigenvalue weighted by molar-refractivity contribution is 5.91. The molecule has 2 aromatic carbocycles. The predicted molar refractivity (Wildman–Crippen MR) is 124 cm³/mol. The van der Waals surface area contributed by atoms with E-state index in [2.05, 4.69) is 15.5 Å². The number of nitrogens with zero attached hydrogens (tertiary/aromatic N) is 2. The van der Waals surface area contributed by atoms with Gasteiger partial charge in [-0.1, -0.05) is 42.5 Å². The van der Waals surface area contributed by atoms with Crippen LogP contribution in [-0.4, -0.2) is 53.8 Å². The van der Waals surface area contributed by atoms with Crippen LogP contribution >= 0.6 is 0 Å². The summed E-state index contributed by atoms with van der Waals surface area (Å²) in [7, 11) is 1.72. The molecule has 4 amide bonds. The summed E-state index contributed by atoms with van der Waals surface area (Å²) in [6, 6.07) is 16.8. The normalized spacial score (nSPS) is 15.8. The lowest BCUT2D eigenvalue weighted by molar-refractivity contribution is -0.122. The average Bonchev–Trinajstić information content (AvgIpc) is 3.23. The van der Waals surface area contributed by atoms with Gasteiger partial charge in [0.1, 0.15) is 0 Å². The fourth-order valence-corrected chi connectivity index (χ4v) is 3.89. The fraction of sp³-hybridized carbons (Fsp3) is 0.375. The quantitative estimate of drug-likeness (QED) is 0.559. The van der Waals surface area contributed by atoms with E-state index in [1.54, 1.807) is 11.9 Å². The molecule has 8 heteroatoms. The number of hydrogen-bond donors (Lipinski definition) is 3. The molecule has 0 saturated carbocycles. The standard InChI is InChI=1S/C24H31N5O3/c1-28(16-18-7-3-2-4-8-18)24(32)26-13-12-22(30)27-20-10-5-9-19(15-20)17-29-14-6-11-21(29)23(25)31/h2-5,7-10,15,21H,6,11-14,16-17H2,1H3,(H2,25,31)(H,26,32)(H,27,30). The number of likely N-dealkylation sites (tertiary alicyclic amines) is 1. The van der Waals surface area contributed by atoms with Gasteiger partial charge in [0.25, 0.3) is 0 Å². The van der Waals surface area contributed by atoms with Crippen LogP contribution in [0, 0.1) is 0 Å². The molecule has 1 aliphatic rings.